The van der Waals surface area contributed by atoms with Crippen molar-refractivity contribution in [3.8, 4) is 0 Å². The van der Waals surface area contributed by atoms with Crippen molar-refractivity contribution in [1.82, 2.24) is 19.6 Å². The summed E-state index contributed by atoms with van der Waals surface area (Å²) in [4.78, 5) is 34.0. The summed E-state index contributed by atoms with van der Waals surface area (Å²) in [6.45, 7) is 9.47. The lowest BCUT2D eigenvalue weighted by Gasteiger charge is -2.36. The van der Waals surface area contributed by atoms with Crippen molar-refractivity contribution in [3.63, 3.8) is 0 Å². The van der Waals surface area contributed by atoms with Crippen LogP contribution in [0.15, 0.2) is 24.3 Å². The minimum Gasteiger partial charge on any atom is -0.379 e. The molecule has 1 aromatic rings. The van der Waals surface area contributed by atoms with Crippen LogP contribution in [-0.2, 0) is 16.1 Å². The minimum absolute atomic E-state index is 0.0980. The van der Waals surface area contributed by atoms with E-state index in [0.29, 0.717) is 19.6 Å². The van der Waals surface area contributed by atoms with Gasteiger partial charge in [0, 0.05) is 64.5 Å². The maximum atomic E-state index is 13.0. The van der Waals surface area contributed by atoms with Gasteiger partial charge in [-0.3, -0.25) is 19.4 Å². The smallest absolute Gasteiger partial charge is 0.253 e. The maximum absolute atomic E-state index is 13.0. The highest BCUT2D eigenvalue weighted by Crippen LogP contribution is 2.14. The van der Waals surface area contributed by atoms with Crippen molar-refractivity contribution in [1.29, 1.82) is 0 Å². The van der Waals surface area contributed by atoms with Crippen molar-refractivity contribution in [2.24, 2.45) is 0 Å². The third kappa shape index (κ3) is 5.59. The van der Waals surface area contributed by atoms with E-state index in [4.69, 9.17) is 4.74 Å². The van der Waals surface area contributed by atoms with Crippen LogP contribution in [-0.4, -0.2) is 104 Å². The zero-order valence-electron chi connectivity index (χ0n) is 17.9. The summed E-state index contributed by atoms with van der Waals surface area (Å²) in [5, 5.41) is 0. The number of benzene rings is 1. The molecule has 0 aromatic heterocycles. The average Bonchev–Trinajstić information content (AvgIpc) is 2.80. The van der Waals surface area contributed by atoms with Gasteiger partial charge in [-0.1, -0.05) is 12.1 Å². The number of piperidine rings is 1. The fraction of sp³-hybridized carbons (Fsp3) is 0.652. The van der Waals surface area contributed by atoms with E-state index in [-0.39, 0.29) is 11.8 Å². The monoisotopic (exact) mass is 414 g/mol. The van der Waals surface area contributed by atoms with Crippen LogP contribution >= 0.6 is 0 Å². The van der Waals surface area contributed by atoms with Crippen LogP contribution in [0.1, 0.15) is 35.2 Å². The van der Waals surface area contributed by atoms with Gasteiger partial charge in [-0.25, -0.2) is 0 Å². The number of carbonyl (C=O) groups is 2. The largest absolute Gasteiger partial charge is 0.379 e. The summed E-state index contributed by atoms with van der Waals surface area (Å²) in [5.41, 5.74) is 1.94. The first-order valence-electron chi connectivity index (χ1n) is 11.4. The second-order valence-electron chi connectivity index (χ2n) is 8.60. The second-order valence-corrected chi connectivity index (χ2v) is 8.60. The molecule has 0 radical (unpaired) electrons. The lowest BCUT2D eigenvalue weighted by Crippen LogP contribution is -2.52. The molecule has 3 aliphatic rings. The third-order valence-corrected chi connectivity index (χ3v) is 6.41. The summed E-state index contributed by atoms with van der Waals surface area (Å²) >= 11 is 0. The Labute approximate surface area is 179 Å². The number of ether oxygens (including phenoxy) is 1. The van der Waals surface area contributed by atoms with Crippen LogP contribution in [0, 0.1) is 0 Å². The van der Waals surface area contributed by atoms with E-state index in [1.807, 2.05) is 28.0 Å². The Morgan fingerprint density at radius 3 is 2.27 bits per heavy atom. The molecule has 3 saturated heterocycles. The third-order valence-electron chi connectivity index (χ3n) is 6.41. The molecule has 4 rings (SSSR count). The van der Waals surface area contributed by atoms with Crippen molar-refractivity contribution < 1.29 is 14.3 Å². The molecule has 3 heterocycles. The van der Waals surface area contributed by atoms with Crippen molar-refractivity contribution in [3.05, 3.63) is 35.4 Å². The standard InChI is InChI=1S/C23H34N4O3/c28-22(26-7-2-1-3-8-26)19-24-9-11-27(12-10-24)23(29)21-6-4-5-20(17-21)18-25-13-15-30-16-14-25/h4-6,17H,1-3,7-16,18-19H2. The summed E-state index contributed by atoms with van der Waals surface area (Å²) in [5.74, 6) is 0.339. The number of hydrogen-bond acceptors (Lipinski definition) is 5. The highest BCUT2D eigenvalue weighted by Gasteiger charge is 2.25. The number of hydrogen-bond donors (Lipinski definition) is 0. The molecule has 7 heteroatoms. The number of piperazine rings is 1. The first-order chi connectivity index (χ1) is 14.7. The van der Waals surface area contributed by atoms with Crippen LogP contribution in [0.2, 0.25) is 0 Å². The SMILES string of the molecule is O=C(CN1CCN(C(=O)c2cccc(CN3CCOCC3)c2)CC1)N1CCCCC1. The molecule has 7 nitrogen and oxygen atoms in total. The Balaban J connectivity index is 1.26. The highest BCUT2D eigenvalue weighted by molar-refractivity contribution is 5.94. The Kier molecular flexibility index (Phi) is 7.36. The summed E-state index contributed by atoms with van der Waals surface area (Å²) in [7, 11) is 0. The van der Waals surface area contributed by atoms with E-state index in [2.05, 4.69) is 15.9 Å². The predicted molar refractivity (Wildman–Crippen MR) is 115 cm³/mol. The normalized spacial score (nSPS) is 21.6. The minimum atomic E-state index is 0.0980. The molecule has 2 amide bonds. The zero-order valence-corrected chi connectivity index (χ0v) is 17.9. The van der Waals surface area contributed by atoms with Crippen molar-refractivity contribution in [2.75, 3.05) is 72.1 Å². The Hall–Kier alpha value is -1.96. The van der Waals surface area contributed by atoms with Gasteiger partial charge in [0.15, 0.2) is 0 Å². The number of amides is 2. The lowest BCUT2D eigenvalue weighted by atomic mass is 10.1. The van der Waals surface area contributed by atoms with E-state index in [1.54, 1.807) is 0 Å². The first kappa shape index (κ1) is 21.3. The van der Waals surface area contributed by atoms with E-state index >= 15 is 0 Å². The van der Waals surface area contributed by atoms with Gasteiger partial charge in [-0.05, 0) is 37.0 Å². The van der Waals surface area contributed by atoms with Crippen LogP contribution in [0.4, 0.5) is 0 Å². The van der Waals surface area contributed by atoms with E-state index in [0.717, 1.165) is 77.4 Å². The summed E-state index contributed by atoms with van der Waals surface area (Å²) in [6.07, 6.45) is 3.48. The second kappa shape index (κ2) is 10.4. The number of carbonyl (C=O) groups excluding carboxylic acids is 2. The van der Waals surface area contributed by atoms with Crippen LogP contribution in [0.25, 0.3) is 0 Å². The lowest BCUT2D eigenvalue weighted by molar-refractivity contribution is -0.133. The van der Waals surface area contributed by atoms with Gasteiger partial charge >= 0.3 is 0 Å². The van der Waals surface area contributed by atoms with Gasteiger partial charge in [0.2, 0.25) is 5.91 Å². The van der Waals surface area contributed by atoms with E-state index in [1.165, 1.54) is 12.0 Å². The van der Waals surface area contributed by atoms with Gasteiger partial charge in [0.05, 0.1) is 19.8 Å². The molecule has 0 aliphatic carbocycles. The summed E-state index contributed by atoms with van der Waals surface area (Å²) < 4.78 is 5.42. The summed E-state index contributed by atoms with van der Waals surface area (Å²) in [6, 6.07) is 8.02. The van der Waals surface area contributed by atoms with Gasteiger partial charge in [0.1, 0.15) is 0 Å². The molecule has 0 saturated carbocycles. The van der Waals surface area contributed by atoms with Crippen molar-refractivity contribution in [2.45, 2.75) is 25.8 Å². The predicted octanol–water partition coefficient (Wildman–Crippen LogP) is 1.29. The van der Waals surface area contributed by atoms with Gasteiger partial charge in [-0.2, -0.15) is 0 Å². The number of likely N-dealkylation sites (tertiary alicyclic amines) is 1. The molecule has 0 N–H and O–H groups in total. The van der Waals surface area contributed by atoms with Gasteiger partial charge in [0.25, 0.3) is 5.91 Å². The molecular weight excluding hydrogens is 380 g/mol. The van der Waals surface area contributed by atoms with Crippen LogP contribution in [0.3, 0.4) is 0 Å². The van der Waals surface area contributed by atoms with E-state index in [9.17, 15) is 9.59 Å². The van der Waals surface area contributed by atoms with E-state index < -0.39 is 0 Å². The number of morpholine rings is 1. The maximum Gasteiger partial charge on any atom is 0.253 e. The Bertz CT molecular complexity index is 721. The fourth-order valence-electron chi connectivity index (χ4n) is 4.55. The van der Waals surface area contributed by atoms with Gasteiger partial charge < -0.3 is 14.5 Å². The molecule has 0 atom stereocenters. The van der Waals surface area contributed by atoms with Crippen molar-refractivity contribution >= 4 is 11.8 Å². The zero-order chi connectivity index (χ0) is 20.8. The number of nitrogens with zero attached hydrogens (tertiary/aromatic N) is 4. The fourth-order valence-corrected chi connectivity index (χ4v) is 4.55. The molecular formula is C23H34N4O3. The first-order valence-corrected chi connectivity index (χ1v) is 11.4. The molecule has 3 fully saturated rings. The molecule has 0 bridgehead atoms. The molecule has 0 spiro atoms. The van der Waals surface area contributed by atoms with Crippen LogP contribution in [0.5, 0.6) is 0 Å². The Morgan fingerprint density at radius 2 is 1.53 bits per heavy atom. The molecule has 1 aromatic carbocycles. The average molecular weight is 415 g/mol. The highest BCUT2D eigenvalue weighted by atomic mass is 16.5. The molecule has 164 valence electrons. The van der Waals surface area contributed by atoms with Crippen LogP contribution < -0.4 is 0 Å². The quantitative estimate of drug-likeness (QED) is 0.727. The molecule has 30 heavy (non-hydrogen) atoms. The molecule has 0 unspecified atom stereocenters. The van der Waals surface area contributed by atoms with Gasteiger partial charge in [-0.15, -0.1) is 0 Å². The topological polar surface area (TPSA) is 56.3 Å². The number of rotatable bonds is 5. The Morgan fingerprint density at radius 1 is 0.800 bits per heavy atom. The molecule has 3 aliphatic heterocycles.